The normalized spacial score (nSPS) is 15.2. The maximum atomic E-state index is 12.0. The molecule has 1 aliphatic heterocycles. The van der Waals surface area contributed by atoms with E-state index in [9.17, 15) is 9.59 Å². The molecule has 0 radical (unpaired) electrons. The van der Waals surface area contributed by atoms with Gasteiger partial charge in [-0.15, -0.1) is 0 Å². The van der Waals surface area contributed by atoms with Crippen LogP contribution < -0.4 is 10.6 Å². The van der Waals surface area contributed by atoms with Gasteiger partial charge < -0.3 is 15.5 Å². The van der Waals surface area contributed by atoms with Gasteiger partial charge in [0.25, 0.3) is 0 Å². The number of hydrogen-bond acceptors (Lipinski definition) is 2. The van der Waals surface area contributed by atoms with Crippen molar-refractivity contribution in [3.05, 3.63) is 29.8 Å². The van der Waals surface area contributed by atoms with E-state index >= 15 is 0 Å². The molecule has 5 nitrogen and oxygen atoms in total. The smallest absolute Gasteiger partial charge is 0.322 e. The molecule has 2 rings (SSSR count). The van der Waals surface area contributed by atoms with Crippen LogP contribution in [0.3, 0.4) is 0 Å². The SMILES string of the molecule is CCc1ccccc1NC(=O)N1CCNC(=O)C1. The Morgan fingerprint density at radius 3 is 2.94 bits per heavy atom. The van der Waals surface area contributed by atoms with Crippen molar-refractivity contribution in [3.8, 4) is 0 Å². The summed E-state index contributed by atoms with van der Waals surface area (Å²) in [7, 11) is 0. The van der Waals surface area contributed by atoms with Crippen LogP contribution in [0.15, 0.2) is 24.3 Å². The molecule has 1 heterocycles. The summed E-state index contributed by atoms with van der Waals surface area (Å²) in [6, 6.07) is 7.48. The molecule has 0 bridgehead atoms. The van der Waals surface area contributed by atoms with E-state index in [-0.39, 0.29) is 18.5 Å². The highest BCUT2D eigenvalue weighted by Gasteiger charge is 2.21. The molecule has 0 spiro atoms. The van der Waals surface area contributed by atoms with Crippen LogP contribution >= 0.6 is 0 Å². The minimum absolute atomic E-state index is 0.111. The fourth-order valence-corrected chi connectivity index (χ4v) is 1.96. The molecule has 0 atom stereocenters. The minimum Gasteiger partial charge on any atom is -0.353 e. The Morgan fingerprint density at radius 2 is 2.22 bits per heavy atom. The lowest BCUT2D eigenvalue weighted by atomic mass is 10.1. The molecule has 0 unspecified atom stereocenters. The number of rotatable bonds is 2. The molecular formula is C13H17N3O2. The lowest BCUT2D eigenvalue weighted by molar-refractivity contribution is -0.123. The number of piperazine rings is 1. The summed E-state index contributed by atoms with van der Waals surface area (Å²) >= 11 is 0. The molecule has 1 fully saturated rings. The second-order valence-electron chi connectivity index (χ2n) is 4.21. The topological polar surface area (TPSA) is 61.4 Å². The number of hydrogen-bond donors (Lipinski definition) is 2. The highest BCUT2D eigenvalue weighted by molar-refractivity contribution is 5.93. The van der Waals surface area contributed by atoms with Crippen LogP contribution in [0.25, 0.3) is 0 Å². The standard InChI is InChI=1S/C13H17N3O2/c1-2-10-5-3-4-6-11(10)15-13(18)16-8-7-14-12(17)9-16/h3-6H,2,7-9H2,1H3,(H,14,17)(H,15,18). The predicted octanol–water partition coefficient (Wildman–Crippen LogP) is 1.21. The number of para-hydroxylation sites is 1. The molecule has 1 aliphatic rings. The second kappa shape index (κ2) is 5.53. The first-order chi connectivity index (χ1) is 8.70. The lowest BCUT2D eigenvalue weighted by Crippen LogP contribution is -2.51. The van der Waals surface area contributed by atoms with Crippen molar-refractivity contribution >= 4 is 17.6 Å². The molecule has 3 amide bonds. The number of nitrogens with zero attached hydrogens (tertiary/aromatic N) is 1. The van der Waals surface area contributed by atoms with Crippen LogP contribution in [-0.2, 0) is 11.2 Å². The molecule has 1 aromatic rings. The monoisotopic (exact) mass is 247 g/mol. The van der Waals surface area contributed by atoms with E-state index in [1.807, 2.05) is 31.2 Å². The third-order valence-electron chi connectivity index (χ3n) is 2.97. The first-order valence-corrected chi connectivity index (χ1v) is 6.11. The van der Waals surface area contributed by atoms with Crippen molar-refractivity contribution < 1.29 is 9.59 Å². The molecule has 1 aromatic carbocycles. The van der Waals surface area contributed by atoms with Crippen LogP contribution in [0.5, 0.6) is 0 Å². The van der Waals surface area contributed by atoms with Crippen molar-refractivity contribution in [1.82, 2.24) is 10.2 Å². The van der Waals surface area contributed by atoms with Crippen LogP contribution in [0.4, 0.5) is 10.5 Å². The highest BCUT2D eigenvalue weighted by Crippen LogP contribution is 2.16. The average Bonchev–Trinajstić information content (AvgIpc) is 2.39. The number of carbonyl (C=O) groups excluding carboxylic acids is 2. The van der Waals surface area contributed by atoms with Gasteiger partial charge in [0.1, 0.15) is 6.54 Å². The summed E-state index contributed by atoms with van der Waals surface area (Å²) in [6.07, 6.45) is 0.858. The Balaban J connectivity index is 2.04. The summed E-state index contributed by atoms with van der Waals surface area (Å²) in [6.45, 7) is 3.23. The molecule has 1 saturated heterocycles. The van der Waals surface area contributed by atoms with Gasteiger partial charge in [-0.2, -0.15) is 0 Å². The number of urea groups is 1. The second-order valence-corrected chi connectivity index (χ2v) is 4.21. The van der Waals surface area contributed by atoms with Gasteiger partial charge in [-0.3, -0.25) is 4.79 Å². The molecule has 0 aliphatic carbocycles. The summed E-state index contributed by atoms with van der Waals surface area (Å²) < 4.78 is 0. The van der Waals surface area contributed by atoms with Gasteiger partial charge in [-0.1, -0.05) is 25.1 Å². The van der Waals surface area contributed by atoms with Crippen molar-refractivity contribution in [2.75, 3.05) is 25.0 Å². The number of amides is 3. The van der Waals surface area contributed by atoms with Gasteiger partial charge in [0.05, 0.1) is 0 Å². The van der Waals surface area contributed by atoms with E-state index in [4.69, 9.17) is 0 Å². The van der Waals surface area contributed by atoms with Crippen molar-refractivity contribution in [2.24, 2.45) is 0 Å². The molecular weight excluding hydrogens is 230 g/mol. The predicted molar refractivity (Wildman–Crippen MR) is 69.4 cm³/mol. The van der Waals surface area contributed by atoms with Crippen molar-refractivity contribution in [2.45, 2.75) is 13.3 Å². The van der Waals surface area contributed by atoms with E-state index in [1.54, 1.807) is 0 Å². The summed E-state index contributed by atoms with van der Waals surface area (Å²) in [4.78, 5) is 24.8. The molecule has 18 heavy (non-hydrogen) atoms. The number of benzene rings is 1. The average molecular weight is 247 g/mol. The maximum Gasteiger partial charge on any atom is 0.322 e. The van der Waals surface area contributed by atoms with Crippen LogP contribution in [0.2, 0.25) is 0 Å². The van der Waals surface area contributed by atoms with Gasteiger partial charge in [0.2, 0.25) is 5.91 Å². The zero-order chi connectivity index (χ0) is 13.0. The van der Waals surface area contributed by atoms with E-state index in [1.165, 1.54) is 4.90 Å². The van der Waals surface area contributed by atoms with Crippen LogP contribution in [-0.4, -0.2) is 36.5 Å². The van der Waals surface area contributed by atoms with Gasteiger partial charge in [-0.05, 0) is 18.1 Å². The Bertz CT molecular complexity index is 459. The largest absolute Gasteiger partial charge is 0.353 e. The third-order valence-corrected chi connectivity index (χ3v) is 2.97. The van der Waals surface area contributed by atoms with Crippen LogP contribution in [0.1, 0.15) is 12.5 Å². The lowest BCUT2D eigenvalue weighted by Gasteiger charge is -2.27. The van der Waals surface area contributed by atoms with Crippen molar-refractivity contribution in [1.29, 1.82) is 0 Å². The van der Waals surface area contributed by atoms with Gasteiger partial charge in [-0.25, -0.2) is 4.79 Å². The summed E-state index contributed by atoms with van der Waals surface area (Å²) in [5.74, 6) is -0.111. The number of nitrogens with one attached hydrogen (secondary N) is 2. The third kappa shape index (κ3) is 2.80. The molecule has 96 valence electrons. The zero-order valence-corrected chi connectivity index (χ0v) is 10.4. The van der Waals surface area contributed by atoms with E-state index in [0.717, 1.165) is 17.7 Å². The van der Waals surface area contributed by atoms with E-state index in [2.05, 4.69) is 10.6 Å². The Labute approximate surface area is 106 Å². The number of aryl methyl sites for hydroxylation is 1. The number of anilines is 1. The summed E-state index contributed by atoms with van der Waals surface area (Å²) in [5, 5.41) is 5.55. The number of carbonyl (C=O) groups is 2. The van der Waals surface area contributed by atoms with Gasteiger partial charge in [0, 0.05) is 18.8 Å². The minimum atomic E-state index is -0.217. The van der Waals surface area contributed by atoms with Gasteiger partial charge >= 0.3 is 6.03 Å². The van der Waals surface area contributed by atoms with E-state index in [0.29, 0.717) is 13.1 Å². The Morgan fingerprint density at radius 1 is 1.44 bits per heavy atom. The Hall–Kier alpha value is -2.04. The molecule has 0 saturated carbocycles. The molecule has 2 N–H and O–H groups in total. The highest BCUT2D eigenvalue weighted by atomic mass is 16.2. The first-order valence-electron chi connectivity index (χ1n) is 6.11. The van der Waals surface area contributed by atoms with E-state index < -0.39 is 0 Å². The fourth-order valence-electron chi connectivity index (χ4n) is 1.96. The molecule has 5 heteroatoms. The maximum absolute atomic E-state index is 12.0. The molecule has 0 aromatic heterocycles. The van der Waals surface area contributed by atoms with Gasteiger partial charge in [0.15, 0.2) is 0 Å². The van der Waals surface area contributed by atoms with Crippen molar-refractivity contribution in [3.63, 3.8) is 0 Å². The summed E-state index contributed by atoms with van der Waals surface area (Å²) in [5.41, 5.74) is 1.91. The first kappa shape index (κ1) is 12.4. The Kier molecular flexibility index (Phi) is 3.82. The van der Waals surface area contributed by atoms with Crippen LogP contribution in [0, 0.1) is 0 Å². The quantitative estimate of drug-likeness (QED) is 0.825. The fraction of sp³-hybridized carbons (Fsp3) is 0.385. The zero-order valence-electron chi connectivity index (χ0n) is 10.4.